The number of nitrogens with zero attached hydrogens (tertiary/aromatic N) is 2. The van der Waals surface area contributed by atoms with Crippen molar-refractivity contribution in [1.82, 2.24) is 9.80 Å². The van der Waals surface area contributed by atoms with E-state index in [-0.39, 0.29) is 18.4 Å². The van der Waals surface area contributed by atoms with Gasteiger partial charge in [0.1, 0.15) is 0 Å². The molecule has 25 heavy (non-hydrogen) atoms. The largest absolute Gasteiger partial charge is 0.342 e. The first-order chi connectivity index (χ1) is 12.0. The minimum absolute atomic E-state index is 0.121. The topological polar surface area (TPSA) is 52.7 Å². The molecule has 0 aromatic heterocycles. The molecule has 1 aliphatic heterocycles. The number of halogens is 1. The van der Waals surface area contributed by atoms with Crippen LogP contribution in [-0.4, -0.2) is 54.3 Å². The Hall–Kier alpha value is -1.59. The van der Waals surface area contributed by atoms with E-state index in [9.17, 15) is 9.59 Å². The zero-order valence-corrected chi connectivity index (χ0v) is 15.9. The molecule has 1 aromatic rings. The number of carbonyl (C=O) groups excluding carboxylic acids is 2. The summed E-state index contributed by atoms with van der Waals surface area (Å²) in [6, 6.07) is 5.41. The van der Waals surface area contributed by atoms with E-state index in [1.807, 2.05) is 29.7 Å². The van der Waals surface area contributed by atoms with Gasteiger partial charge in [0.2, 0.25) is 11.8 Å². The van der Waals surface area contributed by atoms with Crippen LogP contribution >= 0.6 is 11.6 Å². The predicted molar refractivity (Wildman–Crippen MR) is 102 cm³/mol. The number of hydrogen-bond acceptors (Lipinski definition) is 3. The summed E-state index contributed by atoms with van der Waals surface area (Å²) in [7, 11) is 0. The molecule has 0 atom stereocenters. The summed E-state index contributed by atoms with van der Waals surface area (Å²) >= 11 is 5.99. The van der Waals surface area contributed by atoms with Crippen molar-refractivity contribution in [3.05, 3.63) is 28.8 Å². The van der Waals surface area contributed by atoms with E-state index in [1.54, 1.807) is 12.1 Å². The molecule has 1 heterocycles. The summed E-state index contributed by atoms with van der Waals surface area (Å²) in [5, 5.41) is 3.48. The van der Waals surface area contributed by atoms with Crippen LogP contribution in [0.2, 0.25) is 5.02 Å². The number of carbonyl (C=O) groups is 2. The molecule has 0 saturated carbocycles. The van der Waals surface area contributed by atoms with Gasteiger partial charge in [-0.1, -0.05) is 37.4 Å². The lowest BCUT2D eigenvalue weighted by molar-refractivity contribution is -0.132. The first-order valence-corrected chi connectivity index (χ1v) is 9.43. The van der Waals surface area contributed by atoms with Crippen LogP contribution in [0.4, 0.5) is 5.69 Å². The molecule has 1 fully saturated rings. The van der Waals surface area contributed by atoms with Crippen LogP contribution in [0.3, 0.4) is 0 Å². The number of likely N-dealkylation sites (N-methyl/N-ethyl adjacent to an activating group) is 1. The number of aryl methyl sites for hydroxylation is 1. The third-order valence-electron chi connectivity index (χ3n) is 4.61. The predicted octanol–water partition coefficient (Wildman–Crippen LogP) is 3.31. The Morgan fingerprint density at radius 2 is 1.84 bits per heavy atom. The van der Waals surface area contributed by atoms with Crippen LogP contribution in [0.15, 0.2) is 18.2 Å². The van der Waals surface area contributed by atoms with E-state index in [1.165, 1.54) is 12.8 Å². The van der Waals surface area contributed by atoms with Crippen molar-refractivity contribution in [2.75, 3.05) is 38.0 Å². The lowest BCUT2D eigenvalue weighted by atomic mass is 10.2. The summed E-state index contributed by atoms with van der Waals surface area (Å²) in [5.41, 5.74) is 1.67. The van der Waals surface area contributed by atoms with Crippen LogP contribution in [0.1, 0.15) is 38.2 Å². The second-order valence-electron chi connectivity index (χ2n) is 6.61. The highest BCUT2D eigenvalue weighted by molar-refractivity contribution is 6.31. The van der Waals surface area contributed by atoms with Gasteiger partial charge in [-0.15, -0.1) is 0 Å². The fraction of sp³-hybridized carbons (Fsp3) is 0.579. The van der Waals surface area contributed by atoms with Crippen molar-refractivity contribution in [1.29, 1.82) is 0 Å². The molecular weight excluding hydrogens is 338 g/mol. The summed E-state index contributed by atoms with van der Waals surface area (Å²) in [6.45, 7) is 6.70. The minimum atomic E-state index is -0.129. The van der Waals surface area contributed by atoms with Gasteiger partial charge in [0.25, 0.3) is 0 Å². The Balaban J connectivity index is 1.88. The number of nitrogens with one attached hydrogen (secondary N) is 1. The molecule has 2 amide bonds. The molecule has 0 spiro atoms. The molecule has 1 saturated heterocycles. The highest BCUT2D eigenvalue weighted by Gasteiger charge is 2.19. The first-order valence-electron chi connectivity index (χ1n) is 9.05. The van der Waals surface area contributed by atoms with Gasteiger partial charge in [0.15, 0.2) is 0 Å². The lowest BCUT2D eigenvalue weighted by Crippen LogP contribution is -2.43. The fourth-order valence-electron chi connectivity index (χ4n) is 3.01. The van der Waals surface area contributed by atoms with Gasteiger partial charge in [0.05, 0.1) is 13.1 Å². The molecule has 5 nitrogen and oxygen atoms in total. The number of anilines is 1. The van der Waals surface area contributed by atoms with Crippen molar-refractivity contribution >= 4 is 29.1 Å². The maximum absolute atomic E-state index is 12.5. The molecule has 2 rings (SSSR count). The molecular formula is C19H28ClN3O2. The molecule has 0 bridgehead atoms. The Labute approximate surface area is 155 Å². The number of hydrogen-bond donors (Lipinski definition) is 1. The van der Waals surface area contributed by atoms with E-state index in [4.69, 9.17) is 11.6 Å². The van der Waals surface area contributed by atoms with E-state index in [0.717, 1.165) is 31.5 Å². The third-order valence-corrected chi connectivity index (χ3v) is 4.84. The average molecular weight is 366 g/mol. The number of benzene rings is 1. The lowest BCUT2D eigenvalue weighted by Gasteiger charge is -2.25. The van der Waals surface area contributed by atoms with Crippen LogP contribution < -0.4 is 5.32 Å². The fourth-order valence-corrected chi connectivity index (χ4v) is 3.18. The molecule has 6 heteroatoms. The van der Waals surface area contributed by atoms with Gasteiger partial charge in [-0.2, -0.15) is 0 Å². The van der Waals surface area contributed by atoms with Crippen molar-refractivity contribution in [2.45, 2.75) is 39.5 Å². The standard InChI is InChI=1S/C19H28ClN3O2/c1-3-22(14-19(25)23-10-6-4-5-7-11-23)13-18(24)21-17-12-16(20)9-8-15(17)2/h8-9,12H,3-7,10-11,13-14H2,1-2H3,(H,21,24). The van der Waals surface area contributed by atoms with Crippen molar-refractivity contribution in [2.24, 2.45) is 0 Å². The quantitative estimate of drug-likeness (QED) is 0.841. The average Bonchev–Trinajstić information content (AvgIpc) is 2.87. The van der Waals surface area contributed by atoms with Crippen LogP contribution in [0.25, 0.3) is 0 Å². The van der Waals surface area contributed by atoms with Crippen LogP contribution in [-0.2, 0) is 9.59 Å². The van der Waals surface area contributed by atoms with E-state index >= 15 is 0 Å². The zero-order chi connectivity index (χ0) is 18.2. The monoisotopic (exact) mass is 365 g/mol. The highest BCUT2D eigenvalue weighted by atomic mass is 35.5. The van der Waals surface area contributed by atoms with Gasteiger partial charge in [0, 0.05) is 23.8 Å². The van der Waals surface area contributed by atoms with Gasteiger partial charge in [-0.3, -0.25) is 14.5 Å². The maximum atomic E-state index is 12.5. The molecule has 1 aromatic carbocycles. The van der Waals surface area contributed by atoms with Crippen molar-refractivity contribution in [3.63, 3.8) is 0 Å². The molecule has 1 N–H and O–H groups in total. The Morgan fingerprint density at radius 1 is 1.16 bits per heavy atom. The van der Waals surface area contributed by atoms with Gasteiger partial charge < -0.3 is 10.2 Å². The molecule has 1 aliphatic rings. The third kappa shape index (κ3) is 6.33. The number of likely N-dealkylation sites (tertiary alicyclic amines) is 1. The molecule has 0 radical (unpaired) electrons. The highest BCUT2D eigenvalue weighted by Crippen LogP contribution is 2.20. The number of amides is 2. The van der Waals surface area contributed by atoms with E-state index < -0.39 is 0 Å². The summed E-state index contributed by atoms with van der Waals surface area (Å²) in [4.78, 5) is 28.6. The van der Waals surface area contributed by atoms with Crippen molar-refractivity contribution in [3.8, 4) is 0 Å². The van der Waals surface area contributed by atoms with Gasteiger partial charge in [-0.25, -0.2) is 0 Å². The first kappa shape index (κ1) is 19.7. The summed E-state index contributed by atoms with van der Waals surface area (Å²) in [5.74, 6) is -0.00799. The molecule has 0 aliphatic carbocycles. The van der Waals surface area contributed by atoms with Gasteiger partial charge in [-0.05, 0) is 44.0 Å². The second-order valence-corrected chi connectivity index (χ2v) is 7.04. The smallest absolute Gasteiger partial charge is 0.238 e. The maximum Gasteiger partial charge on any atom is 0.238 e. The second kappa shape index (κ2) is 9.78. The molecule has 138 valence electrons. The molecule has 0 unspecified atom stereocenters. The van der Waals surface area contributed by atoms with E-state index in [0.29, 0.717) is 23.8 Å². The normalized spacial score (nSPS) is 15.1. The minimum Gasteiger partial charge on any atom is -0.342 e. The van der Waals surface area contributed by atoms with Crippen LogP contribution in [0.5, 0.6) is 0 Å². The SMILES string of the molecule is CCN(CC(=O)Nc1cc(Cl)ccc1C)CC(=O)N1CCCCCC1. The Morgan fingerprint density at radius 3 is 2.48 bits per heavy atom. The van der Waals surface area contributed by atoms with E-state index in [2.05, 4.69) is 5.32 Å². The zero-order valence-electron chi connectivity index (χ0n) is 15.2. The Bertz CT molecular complexity index is 598. The van der Waals surface area contributed by atoms with Crippen LogP contribution in [0, 0.1) is 6.92 Å². The summed E-state index contributed by atoms with van der Waals surface area (Å²) < 4.78 is 0. The summed E-state index contributed by atoms with van der Waals surface area (Å²) in [6.07, 6.45) is 4.55. The van der Waals surface area contributed by atoms with Gasteiger partial charge >= 0.3 is 0 Å². The Kier molecular flexibility index (Phi) is 7.72. The number of rotatable bonds is 6. The van der Waals surface area contributed by atoms with Crippen molar-refractivity contribution < 1.29 is 9.59 Å².